The molecule has 4 rings (SSSR count). The molecular weight excluding hydrogens is 430 g/mol. The molecule has 0 spiro atoms. The van der Waals surface area contributed by atoms with Crippen molar-refractivity contribution >= 4 is 28.5 Å². The Bertz CT molecular complexity index is 1370. The highest BCUT2D eigenvalue weighted by Gasteiger charge is 2.21. The van der Waals surface area contributed by atoms with Crippen LogP contribution in [0.1, 0.15) is 65.5 Å². The summed E-state index contributed by atoms with van der Waals surface area (Å²) in [5, 5.41) is 10.9. The molecule has 0 radical (unpaired) electrons. The van der Waals surface area contributed by atoms with Crippen molar-refractivity contribution < 1.29 is 14.0 Å². The van der Waals surface area contributed by atoms with Gasteiger partial charge in [-0.2, -0.15) is 5.10 Å². The molecule has 0 aliphatic carbocycles. The Balaban J connectivity index is 1.79. The van der Waals surface area contributed by atoms with Crippen LogP contribution in [0.3, 0.4) is 0 Å². The summed E-state index contributed by atoms with van der Waals surface area (Å²) < 4.78 is 7.50. The highest BCUT2D eigenvalue weighted by Crippen LogP contribution is 2.30. The third-order valence-corrected chi connectivity index (χ3v) is 5.57. The summed E-state index contributed by atoms with van der Waals surface area (Å²) in [4.78, 5) is 31.0. The fraction of sp³-hybridized carbons (Fsp3) is 0.308. The molecule has 0 unspecified atom stereocenters. The topological polar surface area (TPSA) is 102 Å². The minimum absolute atomic E-state index is 0.0614. The number of carbonyl (C=O) groups excluding carboxylic acids is 2. The van der Waals surface area contributed by atoms with Crippen LogP contribution in [-0.2, 0) is 0 Å². The van der Waals surface area contributed by atoms with Crippen LogP contribution < -0.4 is 10.6 Å². The Morgan fingerprint density at radius 1 is 1.09 bits per heavy atom. The van der Waals surface area contributed by atoms with Crippen molar-refractivity contribution in [2.45, 2.75) is 47.1 Å². The summed E-state index contributed by atoms with van der Waals surface area (Å²) in [5.74, 6) is 0.926. The average Bonchev–Trinajstić information content (AvgIpc) is 3.39. The second-order valence-corrected chi connectivity index (χ2v) is 8.56. The lowest BCUT2D eigenvalue weighted by molar-refractivity contribution is 0.0954. The number of amides is 2. The molecule has 8 heteroatoms. The van der Waals surface area contributed by atoms with Gasteiger partial charge in [0.25, 0.3) is 11.8 Å². The number of carbonyl (C=O) groups is 2. The zero-order chi connectivity index (χ0) is 24.4. The van der Waals surface area contributed by atoms with Gasteiger partial charge in [0.2, 0.25) is 0 Å². The smallest absolute Gasteiger partial charge is 0.256 e. The second kappa shape index (κ2) is 9.51. The lowest BCUT2D eigenvalue weighted by Gasteiger charge is -2.13. The first-order valence-corrected chi connectivity index (χ1v) is 11.4. The van der Waals surface area contributed by atoms with E-state index in [9.17, 15) is 9.59 Å². The van der Waals surface area contributed by atoms with E-state index in [1.54, 1.807) is 41.2 Å². The van der Waals surface area contributed by atoms with Crippen molar-refractivity contribution in [3.05, 3.63) is 65.2 Å². The van der Waals surface area contributed by atoms with Crippen molar-refractivity contribution in [1.29, 1.82) is 0 Å². The number of aryl methyl sites for hydroxylation is 2. The highest BCUT2D eigenvalue weighted by atomic mass is 16.3. The maximum absolute atomic E-state index is 13.5. The van der Waals surface area contributed by atoms with E-state index in [0.717, 1.165) is 23.5 Å². The number of para-hydroxylation sites is 1. The molecule has 8 nitrogen and oxygen atoms in total. The molecule has 176 valence electrons. The first kappa shape index (κ1) is 23.2. The molecule has 0 bridgehead atoms. The van der Waals surface area contributed by atoms with Gasteiger partial charge in [0, 0.05) is 18.2 Å². The van der Waals surface area contributed by atoms with Gasteiger partial charge in [-0.25, -0.2) is 9.67 Å². The molecule has 3 heterocycles. The van der Waals surface area contributed by atoms with Gasteiger partial charge in [0.05, 0.1) is 34.1 Å². The Morgan fingerprint density at radius 2 is 1.85 bits per heavy atom. The summed E-state index contributed by atoms with van der Waals surface area (Å²) in [7, 11) is 0. The molecule has 0 aliphatic rings. The molecule has 0 fully saturated rings. The van der Waals surface area contributed by atoms with Crippen LogP contribution in [0.15, 0.2) is 47.0 Å². The molecule has 3 aromatic heterocycles. The number of benzene rings is 1. The molecule has 0 saturated heterocycles. The first-order chi connectivity index (χ1) is 16.3. The summed E-state index contributed by atoms with van der Waals surface area (Å²) in [6, 6.07) is 10.7. The fourth-order valence-electron chi connectivity index (χ4n) is 3.92. The number of rotatable bonds is 7. The second-order valence-electron chi connectivity index (χ2n) is 8.56. The number of hydrogen-bond acceptors (Lipinski definition) is 5. The number of anilines is 1. The number of hydrogen-bond donors (Lipinski definition) is 2. The third kappa shape index (κ3) is 4.44. The minimum Gasteiger partial charge on any atom is -0.466 e. The Morgan fingerprint density at radius 3 is 2.53 bits per heavy atom. The lowest BCUT2D eigenvalue weighted by Crippen LogP contribution is -2.25. The molecule has 4 aromatic rings. The van der Waals surface area contributed by atoms with E-state index >= 15 is 0 Å². The maximum Gasteiger partial charge on any atom is 0.256 e. The number of fused-ring (bicyclic) bond motifs is 1. The SMILES string of the molecule is CCCNC(=O)c1ccccc1NC(=O)c1cc(-c2cc(C)oc2C)nc2c1cnn2C(C)C. The van der Waals surface area contributed by atoms with Crippen LogP contribution in [0, 0.1) is 13.8 Å². The predicted octanol–water partition coefficient (Wildman–Crippen LogP) is 5.28. The van der Waals surface area contributed by atoms with E-state index in [1.807, 2.05) is 40.7 Å². The van der Waals surface area contributed by atoms with E-state index < -0.39 is 0 Å². The number of aromatic nitrogens is 3. The van der Waals surface area contributed by atoms with E-state index in [1.165, 1.54) is 0 Å². The van der Waals surface area contributed by atoms with Gasteiger partial charge in [-0.05, 0) is 58.4 Å². The Labute approximate surface area is 198 Å². The van der Waals surface area contributed by atoms with Crippen LogP contribution in [0.2, 0.25) is 0 Å². The van der Waals surface area contributed by atoms with Gasteiger partial charge < -0.3 is 15.1 Å². The summed E-state index contributed by atoms with van der Waals surface area (Å²) in [6.07, 6.45) is 2.49. The van der Waals surface area contributed by atoms with E-state index in [0.29, 0.717) is 40.1 Å². The standard InChI is InChI=1S/C26H29N5O3/c1-6-11-27-25(32)18-9-7-8-10-22(18)30-26(33)20-13-23(19-12-16(4)34-17(19)5)29-24-21(20)14-28-31(24)15(2)3/h7-10,12-15H,6,11H2,1-5H3,(H,27,32)(H,30,33). The van der Waals surface area contributed by atoms with Gasteiger partial charge in [-0.1, -0.05) is 19.1 Å². The molecule has 1 aromatic carbocycles. The number of furan rings is 1. The summed E-state index contributed by atoms with van der Waals surface area (Å²) in [5.41, 5.74) is 3.35. The van der Waals surface area contributed by atoms with Gasteiger partial charge in [0.1, 0.15) is 11.5 Å². The van der Waals surface area contributed by atoms with Crippen molar-refractivity contribution in [3.8, 4) is 11.3 Å². The normalized spacial score (nSPS) is 11.2. The van der Waals surface area contributed by atoms with Crippen LogP contribution in [-0.4, -0.2) is 33.1 Å². The van der Waals surface area contributed by atoms with Gasteiger partial charge in [-0.15, -0.1) is 0 Å². The lowest BCUT2D eigenvalue weighted by atomic mass is 10.1. The van der Waals surface area contributed by atoms with Crippen molar-refractivity contribution in [3.63, 3.8) is 0 Å². The molecular formula is C26H29N5O3. The molecule has 0 atom stereocenters. The van der Waals surface area contributed by atoms with Crippen molar-refractivity contribution in [2.75, 3.05) is 11.9 Å². The van der Waals surface area contributed by atoms with Gasteiger partial charge >= 0.3 is 0 Å². The quantitative estimate of drug-likeness (QED) is 0.391. The predicted molar refractivity (Wildman–Crippen MR) is 132 cm³/mol. The van der Waals surface area contributed by atoms with E-state index in [2.05, 4.69) is 15.7 Å². The van der Waals surface area contributed by atoms with Crippen LogP contribution in [0.5, 0.6) is 0 Å². The van der Waals surface area contributed by atoms with Gasteiger partial charge in [0.15, 0.2) is 5.65 Å². The molecule has 0 saturated carbocycles. The zero-order valence-electron chi connectivity index (χ0n) is 20.1. The van der Waals surface area contributed by atoms with Gasteiger partial charge in [-0.3, -0.25) is 9.59 Å². The highest BCUT2D eigenvalue weighted by molar-refractivity contribution is 6.14. The number of nitrogens with one attached hydrogen (secondary N) is 2. The number of nitrogens with zero attached hydrogens (tertiary/aromatic N) is 3. The fourth-order valence-corrected chi connectivity index (χ4v) is 3.92. The largest absolute Gasteiger partial charge is 0.466 e. The van der Waals surface area contributed by atoms with Crippen LogP contribution >= 0.6 is 0 Å². The molecule has 2 N–H and O–H groups in total. The maximum atomic E-state index is 13.5. The summed E-state index contributed by atoms with van der Waals surface area (Å²) >= 11 is 0. The molecule has 0 aliphatic heterocycles. The third-order valence-electron chi connectivity index (χ3n) is 5.57. The number of pyridine rings is 1. The van der Waals surface area contributed by atoms with E-state index in [4.69, 9.17) is 9.40 Å². The Kier molecular flexibility index (Phi) is 6.49. The molecule has 2 amide bonds. The van der Waals surface area contributed by atoms with Crippen LogP contribution in [0.4, 0.5) is 5.69 Å². The minimum atomic E-state index is -0.342. The average molecular weight is 460 g/mol. The Hall–Kier alpha value is -3.94. The summed E-state index contributed by atoms with van der Waals surface area (Å²) in [6.45, 7) is 10.3. The van der Waals surface area contributed by atoms with Crippen molar-refractivity contribution in [1.82, 2.24) is 20.1 Å². The molecule has 34 heavy (non-hydrogen) atoms. The monoisotopic (exact) mass is 459 g/mol. The van der Waals surface area contributed by atoms with E-state index in [-0.39, 0.29) is 17.9 Å². The van der Waals surface area contributed by atoms with Crippen molar-refractivity contribution in [2.24, 2.45) is 0 Å². The zero-order valence-corrected chi connectivity index (χ0v) is 20.1. The van der Waals surface area contributed by atoms with Crippen LogP contribution in [0.25, 0.3) is 22.3 Å². The first-order valence-electron chi connectivity index (χ1n) is 11.4.